The summed E-state index contributed by atoms with van der Waals surface area (Å²) >= 11 is 0. The van der Waals surface area contributed by atoms with Crippen LogP contribution in [0.25, 0.3) is 10.9 Å². The number of benzene rings is 2. The van der Waals surface area contributed by atoms with Gasteiger partial charge in [0.05, 0.1) is 26.4 Å². The summed E-state index contributed by atoms with van der Waals surface area (Å²) in [6, 6.07) is 11.8. The Labute approximate surface area is 215 Å². The normalized spacial score (nSPS) is 23.0. The number of methoxy groups -OCH3 is 1. The van der Waals surface area contributed by atoms with Gasteiger partial charge in [-0.15, -0.1) is 0 Å². The Morgan fingerprint density at radius 3 is 2.62 bits per heavy atom. The number of amides is 1. The van der Waals surface area contributed by atoms with E-state index in [0.717, 1.165) is 46.3 Å². The number of aromatic nitrogens is 1. The number of hydrogen-bond acceptors (Lipinski definition) is 4. The molecule has 3 fully saturated rings. The summed E-state index contributed by atoms with van der Waals surface area (Å²) in [5.41, 5.74) is 4.63. The van der Waals surface area contributed by atoms with Crippen LogP contribution in [0.2, 0.25) is 0 Å². The molecule has 2 aromatic carbocycles. The molecule has 6 nitrogen and oxygen atoms in total. The zero-order valence-corrected chi connectivity index (χ0v) is 21.3. The van der Waals surface area contributed by atoms with Gasteiger partial charge in [0.1, 0.15) is 5.75 Å². The first-order chi connectivity index (χ1) is 17.8. The van der Waals surface area contributed by atoms with E-state index < -0.39 is 5.92 Å². The number of H-pyrrole nitrogens is 1. The van der Waals surface area contributed by atoms with E-state index in [-0.39, 0.29) is 36.2 Å². The Morgan fingerprint density at radius 2 is 1.97 bits per heavy atom. The van der Waals surface area contributed by atoms with Crippen LogP contribution in [-0.2, 0) is 11.3 Å². The zero-order valence-electron chi connectivity index (χ0n) is 21.3. The molecule has 2 saturated heterocycles. The molecular formula is C29H33F2N3O3. The second kappa shape index (κ2) is 9.10. The average molecular weight is 510 g/mol. The predicted molar refractivity (Wildman–Crippen MR) is 137 cm³/mol. The molecule has 1 aromatic heterocycles. The fourth-order valence-corrected chi connectivity index (χ4v) is 6.49. The first-order valence-corrected chi connectivity index (χ1v) is 13.0. The van der Waals surface area contributed by atoms with Crippen molar-refractivity contribution < 1.29 is 23.0 Å². The Morgan fingerprint density at radius 1 is 1.22 bits per heavy atom. The van der Waals surface area contributed by atoms with E-state index in [4.69, 9.17) is 9.47 Å². The van der Waals surface area contributed by atoms with E-state index in [0.29, 0.717) is 31.7 Å². The molecule has 1 aliphatic carbocycles. The van der Waals surface area contributed by atoms with Gasteiger partial charge < -0.3 is 19.8 Å². The maximum absolute atomic E-state index is 14.0. The number of aromatic amines is 1. The number of carbonyl (C=O) groups excluding carboxylic acids is 1. The molecule has 3 aliphatic rings. The smallest absolute Gasteiger partial charge is 0.251 e. The maximum Gasteiger partial charge on any atom is 0.251 e. The van der Waals surface area contributed by atoms with Crippen molar-refractivity contribution in [2.45, 2.75) is 57.2 Å². The number of ether oxygens (including phenoxy) is 2. The number of nitrogens with zero attached hydrogens (tertiary/aromatic N) is 1. The molecule has 2 N–H and O–H groups in total. The topological polar surface area (TPSA) is 66.6 Å². The highest BCUT2D eigenvalue weighted by Crippen LogP contribution is 2.60. The van der Waals surface area contributed by atoms with E-state index in [1.165, 1.54) is 0 Å². The fourth-order valence-electron chi connectivity index (χ4n) is 6.49. The maximum atomic E-state index is 14.0. The molecule has 2 aliphatic heterocycles. The van der Waals surface area contributed by atoms with Crippen LogP contribution < -0.4 is 10.1 Å². The molecule has 1 amide bonds. The monoisotopic (exact) mass is 509 g/mol. The SMILES string of the molecule is COc1cc(C)c2[nH]ccc2c1CN1CCC2(C[C@@H]1c1ccc(C(=O)NC3COC3)cc1)CC(F)(F)C2. The van der Waals surface area contributed by atoms with Crippen molar-refractivity contribution in [1.29, 1.82) is 0 Å². The Balaban J connectivity index is 1.29. The van der Waals surface area contributed by atoms with Gasteiger partial charge in [-0.05, 0) is 67.1 Å². The zero-order chi connectivity index (χ0) is 25.8. The van der Waals surface area contributed by atoms with E-state index in [1.807, 2.05) is 30.5 Å². The number of nitrogens with one attached hydrogen (secondary N) is 2. The lowest BCUT2D eigenvalue weighted by Crippen LogP contribution is -2.53. The molecule has 0 unspecified atom stereocenters. The van der Waals surface area contributed by atoms with Crippen LogP contribution in [0.1, 0.15) is 58.8 Å². The van der Waals surface area contributed by atoms with Crippen LogP contribution >= 0.6 is 0 Å². The largest absolute Gasteiger partial charge is 0.496 e. The number of alkyl halides is 2. The van der Waals surface area contributed by atoms with E-state index >= 15 is 0 Å². The minimum atomic E-state index is -2.56. The standard InChI is InChI=1S/C29H33F2N3O3/c1-18-11-25(36-2)23(22-7-9-32-26(18)22)13-34-10-8-28(16-29(30,31)17-28)12-24(34)19-3-5-20(6-4-19)27(35)33-21-14-37-15-21/h3-7,9,11,21,24,32H,8,10,12-17H2,1-2H3,(H,33,35)/t24-/m1/s1. The first-order valence-electron chi connectivity index (χ1n) is 13.0. The van der Waals surface area contributed by atoms with Crippen LogP contribution in [-0.4, -0.2) is 54.6 Å². The summed E-state index contributed by atoms with van der Waals surface area (Å²) < 4.78 is 38.9. The molecule has 6 rings (SSSR count). The van der Waals surface area contributed by atoms with Crippen LogP contribution in [0.15, 0.2) is 42.6 Å². The number of halogens is 2. The van der Waals surface area contributed by atoms with Crippen molar-refractivity contribution in [1.82, 2.24) is 15.2 Å². The van der Waals surface area contributed by atoms with Crippen LogP contribution in [0.4, 0.5) is 8.78 Å². The Kier molecular flexibility index (Phi) is 5.99. The minimum absolute atomic E-state index is 0.0259. The molecule has 0 bridgehead atoms. The van der Waals surface area contributed by atoms with Crippen LogP contribution in [0, 0.1) is 12.3 Å². The second-order valence-electron chi connectivity index (χ2n) is 11.1. The lowest BCUT2D eigenvalue weighted by molar-refractivity contribution is -0.186. The number of carbonyl (C=O) groups is 1. The molecule has 8 heteroatoms. The van der Waals surface area contributed by atoms with E-state index in [1.54, 1.807) is 7.11 Å². The molecule has 196 valence electrons. The number of fused-ring (bicyclic) bond motifs is 1. The third-order valence-corrected chi connectivity index (χ3v) is 8.49. The van der Waals surface area contributed by atoms with Gasteiger partial charge in [-0.2, -0.15) is 0 Å². The van der Waals surface area contributed by atoms with Crippen LogP contribution in [0.3, 0.4) is 0 Å². The number of aryl methyl sites for hydroxylation is 1. The van der Waals surface area contributed by atoms with Gasteiger partial charge in [0, 0.05) is 53.7 Å². The molecule has 3 heterocycles. The van der Waals surface area contributed by atoms with Crippen molar-refractivity contribution in [3.8, 4) is 5.75 Å². The van der Waals surface area contributed by atoms with Gasteiger partial charge in [-0.1, -0.05) is 12.1 Å². The van der Waals surface area contributed by atoms with Crippen molar-refractivity contribution in [2.75, 3.05) is 26.9 Å². The van der Waals surface area contributed by atoms with Crippen LogP contribution in [0.5, 0.6) is 5.75 Å². The van der Waals surface area contributed by atoms with Gasteiger partial charge in [0.15, 0.2) is 0 Å². The van der Waals surface area contributed by atoms with Gasteiger partial charge in [0.25, 0.3) is 5.91 Å². The van der Waals surface area contributed by atoms with Crippen molar-refractivity contribution in [3.63, 3.8) is 0 Å². The highest BCUT2D eigenvalue weighted by molar-refractivity contribution is 5.94. The lowest BCUT2D eigenvalue weighted by Gasteiger charge is -2.54. The second-order valence-corrected chi connectivity index (χ2v) is 11.1. The van der Waals surface area contributed by atoms with Gasteiger partial charge in [-0.25, -0.2) is 8.78 Å². The van der Waals surface area contributed by atoms with E-state index in [2.05, 4.69) is 34.3 Å². The highest BCUT2D eigenvalue weighted by atomic mass is 19.3. The first kappa shape index (κ1) is 24.4. The van der Waals surface area contributed by atoms with Crippen molar-refractivity contribution >= 4 is 16.8 Å². The molecular weight excluding hydrogens is 476 g/mol. The number of hydrogen-bond donors (Lipinski definition) is 2. The fraction of sp³-hybridized carbons (Fsp3) is 0.483. The molecule has 37 heavy (non-hydrogen) atoms. The lowest BCUT2D eigenvalue weighted by atomic mass is 9.59. The summed E-state index contributed by atoms with van der Waals surface area (Å²) in [6.45, 7) is 4.53. The van der Waals surface area contributed by atoms with Crippen molar-refractivity contribution in [2.24, 2.45) is 5.41 Å². The van der Waals surface area contributed by atoms with Gasteiger partial charge >= 0.3 is 0 Å². The predicted octanol–water partition coefficient (Wildman–Crippen LogP) is 5.37. The Bertz CT molecular complexity index is 1310. The molecule has 1 atom stereocenters. The number of likely N-dealkylation sites (tertiary alicyclic amines) is 1. The summed E-state index contributed by atoms with van der Waals surface area (Å²) in [6.07, 6.45) is 3.30. The summed E-state index contributed by atoms with van der Waals surface area (Å²) in [7, 11) is 1.69. The molecule has 1 spiro atoms. The quantitative estimate of drug-likeness (QED) is 0.469. The highest BCUT2D eigenvalue weighted by Gasteiger charge is 2.58. The third-order valence-electron chi connectivity index (χ3n) is 8.49. The van der Waals surface area contributed by atoms with E-state index in [9.17, 15) is 13.6 Å². The van der Waals surface area contributed by atoms with Gasteiger partial charge in [-0.3, -0.25) is 9.69 Å². The molecule has 1 saturated carbocycles. The summed E-state index contributed by atoms with van der Waals surface area (Å²) in [4.78, 5) is 18.3. The number of piperidine rings is 1. The molecule has 0 radical (unpaired) electrons. The number of rotatable bonds is 6. The third kappa shape index (κ3) is 4.50. The Hall–Kier alpha value is -2.97. The average Bonchev–Trinajstić information content (AvgIpc) is 3.33. The molecule has 3 aromatic rings. The van der Waals surface area contributed by atoms with Crippen molar-refractivity contribution in [3.05, 3.63) is 64.8 Å². The minimum Gasteiger partial charge on any atom is -0.496 e. The summed E-state index contributed by atoms with van der Waals surface area (Å²) in [5, 5.41) is 4.09. The van der Waals surface area contributed by atoms with Gasteiger partial charge in [0.2, 0.25) is 5.92 Å². The summed E-state index contributed by atoms with van der Waals surface area (Å²) in [5.74, 6) is -1.84.